The topological polar surface area (TPSA) is 76.2 Å². The Morgan fingerprint density at radius 2 is 2.09 bits per heavy atom. The van der Waals surface area contributed by atoms with Crippen LogP contribution in [0.5, 0.6) is 0 Å². The molecule has 1 unspecified atom stereocenters. The normalized spacial score (nSPS) is 15.7. The highest BCUT2D eigenvalue weighted by atomic mass is 35.5. The Bertz CT molecular complexity index is 1060. The third-order valence-electron chi connectivity index (χ3n) is 5.77. The van der Waals surface area contributed by atoms with Gasteiger partial charge in [0, 0.05) is 23.8 Å². The van der Waals surface area contributed by atoms with Crippen molar-refractivity contribution in [1.82, 2.24) is 14.8 Å². The number of rotatable bonds is 7. The average Bonchev–Trinajstić information content (AvgIpc) is 3.42. The number of hydrogen-bond donors (Lipinski definition) is 1. The van der Waals surface area contributed by atoms with Crippen molar-refractivity contribution in [2.24, 2.45) is 5.92 Å². The van der Waals surface area contributed by atoms with Crippen LogP contribution in [0, 0.1) is 12.8 Å². The minimum Gasteiger partial charge on any atom is -0.467 e. The summed E-state index contributed by atoms with van der Waals surface area (Å²) in [6, 6.07) is 9.28. The van der Waals surface area contributed by atoms with Crippen LogP contribution >= 0.6 is 23.4 Å². The summed E-state index contributed by atoms with van der Waals surface area (Å²) in [6.45, 7) is 8.52. The van der Waals surface area contributed by atoms with Crippen LogP contribution in [-0.4, -0.2) is 39.0 Å². The Balaban J connectivity index is 1.53. The first-order valence-corrected chi connectivity index (χ1v) is 12.1. The molecule has 32 heavy (non-hydrogen) atoms. The predicted molar refractivity (Wildman–Crippen MR) is 129 cm³/mol. The molecule has 1 aliphatic heterocycles. The van der Waals surface area contributed by atoms with Gasteiger partial charge in [0.25, 0.3) is 0 Å². The molecule has 0 spiro atoms. The molecule has 1 saturated heterocycles. The summed E-state index contributed by atoms with van der Waals surface area (Å²) < 4.78 is 7.63. The number of halogens is 1. The summed E-state index contributed by atoms with van der Waals surface area (Å²) in [4.78, 5) is 15.2. The SMILES string of the molecule is Cc1ccc(Cl)cc1NC(=O)C(C)Sc1nnc(N2CCC(C)CC2)n1Cc1ccco1. The van der Waals surface area contributed by atoms with E-state index in [2.05, 4.69) is 27.3 Å². The summed E-state index contributed by atoms with van der Waals surface area (Å²) in [5.74, 6) is 2.26. The van der Waals surface area contributed by atoms with Gasteiger partial charge in [-0.2, -0.15) is 0 Å². The monoisotopic (exact) mass is 473 g/mol. The first-order chi connectivity index (χ1) is 15.4. The molecule has 2 aromatic heterocycles. The highest BCUT2D eigenvalue weighted by molar-refractivity contribution is 8.00. The van der Waals surface area contributed by atoms with E-state index in [-0.39, 0.29) is 11.2 Å². The molecule has 0 bridgehead atoms. The minimum absolute atomic E-state index is 0.110. The van der Waals surface area contributed by atoms with Crippen LogP contribution in [0.1, 0.15) is 38.0 Å². The van der Waals surface area contributed by atoms with E-state index in [9.17, 15) is 4.79 Å². The van der Waals surface area contributed by atoms with Gasteiger partial charge in [-0.05, 0) is 62.4 Å². The van der Waals surface area contributed by atoms with Gasteiger partial charge in [-0.3, -0.25) is 9.36 Å². The Morgan fingerprint density at radius 1 is 1.31 bits per heavy atom. The van der Waals surface area contributed by atoms with Crippen LogP contribution in [0.25, 0.3) is 0 Å². The van der Waals surface area contributed by atoms with Crippen LogP contribution in [0.3, 0.4) is 0 Å². The second-order valence-corrected chi connectivity index (χ2v) is 10.1. The summed E-state index contributed by atoms with van der Waals surface area (Å²) in [7, 11) is 0. The maximum absolute atomic E-state index is 12.9. The number of piperidine rings is 1. The van der Waals surface area contributed by atoms with E-state index in [1.54, 1.807) is 12.3 Å². The molecule has 0 aliphatic carbocycles. The van der Waals surface area contributed by atoms with Crippen LogP contribution in [0.15, 0.2) is 46.2 Å². The molecule has 1 atom stereocenters. The number of benzene rings is 1. The summed E-state index contributed by atoms with van der Waals surface area (Å²) >= 11 is 7.48. The van der Waals surface area contributed by atoms with Gasteiger partial charge in [0.2, 0.25) is 11.9 Å². The molecule has 3 heterocycles. The van der Waals surface area contributed by atoms with E-state index >= 15 is 0 Å². The molecule has 4 rings (SSSR count). The van der Waals surface area contributed by atoms with Crippen molar-refractivity contribution in [3.63, 3.8) is 0 Å². The fourth-order valence-corrected chi connectivity index (χ4v) is 4.70. The smallest absolute Gasteiger partial charge is 0.237 e. The number of carbonyl (C=O) groups is 1. The minimum atomic E-state index is -0.373. The lowest BCUT2D eigenvalue weighted by Gasteiger charge is -2.31. The number of furan rings is 1. The van der Waals surface area contributed by atoms with Crippen LogP contribution < -0.4 is 10.2 Å². The van der Waals surface area contributed by atoms with Crippen molar-refractivity contribution in [2.75, 3.05) is 23.3 Å². The molecule has 1 aromatic carbocycles. The summed E-state index contributed by atoms with van der Waals surface area (Å²) in [6.07, 6.45) is 3.93. The number of thioether (sulfide) groups is 1. The van der Waals surface area contributed by atoms with Crippen LogP contribution in [0.2, 0.25) is 5.02 Å². The van der Waals surface area contributed by atoms with E-state index in [1.807, 2.05) is 42.7 Å². The number of nitrogens with one attached hydrogen (secondary N) is 1. The zero-order valence-corrected chi connectivity index (χ0v) is 20.1. The van der Waals surface area contributed by atoms with Gasteiger partial charge >= 0.3 is 0 Å². The number of amides is 1. The molecule has 9 heteroatoms. The molecule has 1 fully saturated rings. The van der Waals surface area contributed by atoms with E-state index in [0.29, 0.717) is 16.7 Å². The second-order valence-electron chi connectivity index (χ2n) is 8.33. The van der Waals surface area contributed by atoms with Gasteiger partial charge in [0.1, 0.15) is 5.76 Å². The number of aromatic nitrogens is 3. The molecular weight excluding hydrogens is 446 g/mol. The van der Waals surface area contributed by atoms with E-state index in [0.717, 1.165) is 54.8 Å². The van der Waals surface area contributed by atoms with Crippen molar-refractivity contribution >= 4 is 40.9 Å². The van der Waals surface area contributed by atoms with Crippen LogP contribution in [-0.2, 0) is 11.3 Å². The zero-order valence-electron chi connectivity index (χ0n) is 18.5. The second kappa shape index (κ2) is 10.0. The standard InChI is InChI=1S/C23H28ClN5O2S/c1-15-8-10-28(11-9-15)22-26-27-23(29(22)14-19-5-4-12-31-19)32-17(3)21(30)25-20-13-18(24)7-6-16(20)2/h4-7,12-13,15,17H,8-11,14H2,1-3H3,(H,25,30). The van der Waals surface area contributed by atoms with Gasteiger partial charge in [0.15, 0.2) is 5.16 Å². The van der Waals surface area contributed by atoms with Gasteiger partial charge in [-0.15, -0.1) is 10.2 Å². The van der Waals surface area contributed by atoms with Crippen LogP contribution in [0.4, 0.5) is 11.6 Å². The van der Waals surface area contributed by atoms with E-state index in [1.165, 1.54) is 11.8 Å². The lowest BCUT2D eigenvalue weighted by atomic mass is 10.00. The molecule has 1 N–H and O–H groups in total. The molecule has 1 amide bonds. The molecule has 1 aliphatic rings. The Hall–Kier alpha value is -2.45. The average molecular weight is 474 g/mol. The summed E-state index contributed by atoms with van der Waals surface area (Å²) in [5, 5.41) is 12.8. The van der Waals surface area contributed by atoms with E-state index in [4.69, 9.17) is 16.0 Å². The van der Waals surface area contributed by atoms with Crippen molar-refractivity contribution in [3.05, 3.63) is 52.9 Å². The number of hydrogen-bond acceptors (Lipinski definition) is 6. The van der Waals surface area contributed by atoms with Crippen molar-refractivity contribution < 1.29 is 9.21 Å². The number of nitrogens with zero attached hydrogens (tertiary/aromatic N) is 4. The van der Waals surface area contributed by atoms with Crippen molar-refractivity contribution in [1.29, 1.82) is 0 Å². The lowest BCUT2D eigenvalue weighted by molar-refractivity contribution is -0.115. The van der Waals surface area contributed by atoms with Gasteiger partial charge in [-0.25, -0.2) is 0 Å². The highest BCUT2D eigenvalue weighted by Crippen LogP contribution is 2.30. The summed E-state index contributed by atoms with van der Waals surface area (Å²) in [5.41, 5.74) is 1.68. The largest absolute Gasteiger partial charge is 0.467 e. The predicted octanol–water partition coefficient (Wildman–Crippen LogP) is 5.24. The van der Waals surface area contributed by atoms with Gasteiger partial charge in [-0.1, -0.05) is 36.4 Å². The fraction of sp³-hybridized carbons (Fsp3) is 0.435. The molecule has 3 aromatic rings. The fourth-order valence-electron chi connectivity index (χ4n) is 3.68. The molecule has 7 nitrogen and oxygen atoms in total. The molecule has 0 saturated carbocycles. The Morgan fingerprint density at radius 3 is 2.81 bits per heavy atom. The number of anilines is 2. The maximum atomic E-state index is 12.9. The number of aryl methyl sites for hydroxylation is 1. The first-order valence-electron chi connectivity index (χ1n) is 10.8. The molecule has 0 radical (unpaired) electrons. The quantitative estimate of drug-likeness (QED) is 0.473. The molecule has 170 valence electrons. The third kappa shape index (κ3) is 5.30. The maximum Gasteiger partial charge on any atom is 0.237 e. The number of carbonyl (C=O) groups excluding carboxylic acids is 1. The van der Waals surface area contributed by atoms with Gasteiger partial charge < -0.3 is 14.6 Å². The van der Waals surface area contributed by atoms with Gasteiger partial charge in [0.05, 0.1) is 18.1 Å². The Kier molecular flexibility index (Phi) is 7.10. The lowest BCUT2D eigenvalue weighted by Crippen LogP contribution is -2.35. The van der Waals surface area contributed by atoms with Crippen molar-refractivity contribution in [2.45, 2.75) is 50.6 Å². The highest BCUT2D eigenvalue weighted by Gasteiger charge is 2.26. The van der Waals surface area contributed by atoms with E-state index < -0.39 is 0 Å². The zero-order chi connectivity index (χ0) is 22.7. The van der Waals surface area contributed by atoms with Crippen molar-refractivity contribution in [3.8, 4) is 0 Å². The first kappa shape index (κ1) is 22.7. The Labute approximate surface area is 197 Å². The third-order valence-corrected chi connectivity index (χ3v) is 7.08. The molecular formula is C23H28ClN5O2S.